The topological polar surface area (TPSA) is 41.9 Å². The molecular weight excluding hydrogens is 230 g/mol. The van der Waals surface area contributed by atoms with Gasteiger partial charge < -0.3 is 14.6 Å². The molecule has 1 aliphatic heterocycles. The number of methoxy groups -OCH3 is 1. The average molecular weight is 251 g/mol. The fourth-order valence-electron chi connectivity index (χ4n) is 2.37. The van der Waals surface area contributed by atoms with Crippen LogP contribution in [-0.4, -0.2) is 55.6 Å². The van der Waals surface area contributed by atoms with Gasteiger partial charge in [0, 0.05) is 26.2 Å². The van der Waals surface area contributed by atoms with Crippen molar-refractivity contribution in [3.63, 3.8) is 0 Å². The molecule has 1 aromatic rings. The maximum absolute atomic E-state index is 9.33. The Hall–Kier alpha value is -1.10. The van der Waals surface area contributed by atoms with Crippen LogP contribution in [0.5, 0.6) is 5.75 Å². The number of hydrogen-bond acceptors (Lipinski definition) is 4. The van der Waals surface area contributed by atoms with Crippen LogP contribution in [0, 0.1) is 0 Å². The third-order valence-corrected chi connectivity index (χ3v) is 3.42. The predicted molar refractivity (Wildman–Crippen MR) is 69.8 cm³/mol. The fourth-order valence-corrected chi connectivity index (χ4v) is 2.37. The zero-order valence-corrected chi connectivity index (χ0v) is 10.8. The van der Waals surface area contributed by atoms with Crippen molar-refractivity contribution in [3.8, 4) is 5.75 Å². The summed E-state index contributed by atoms with van der Waals surface area (Å²) in [5, 5.41) is 9.33. The van der Waals surface area contributed by atoms with E-state index < -0.39 is 0 Å². The third kappa shape index (κ3) is 3.45. The molecule has 18 heavy (non-hydrogen) atoms. The number of rotatable bonds is 6. The highest BCUT2D eigenvalue weighted by Crippen LogP contribution is 2.19. The van der Waals surface area contributed by atoms with E-state index in [1.54, 1.807) is 7.11 Å². The Kier molecular flexibility index (Phi) is 4.99. The molecule has 1 aromatic carbocycles. The highest BCUT2D eigenvalue weighted by molar-refractivity contribution is 5.20. The molecule has 0 spiro atoms. The number of para-hydroxylation sites is 1. The Morgan fingerprint density at radius 3 is 2.78 bits per heavy atom. The van der Waals surface area contributed by atoms with Crippen LogP contribution in [0.2, 0.25) is 0 Å². The van der Waals surface area contributed by atoms with Crippen molar-refractivity contribution in [2.75, 3.05) is 33.4 Å². The van der Waals surface area contributed by atoms with Gasteiger partial charge in [-0.25, -0.2) is 0 Å². The summed E-state index contributed by atoms with van der Waals surface area (Å²) in [5.41, 5.74) is 0. The summed E-state index contributed by atoms with van der Waals surface area (Å²) in [7, 11) is 1.73. The molecule has 0 unspecified atom stereocenters. The maximum Gasteiger partial charge on any atom is 0.119 e. The van der Waals surface area contributed by atoms with Crippen molar-refractivity contribution in [1.29, 1.82) is 0 Å². The third-order valence-electron chi connectivity index (χ3n) is 3.42. The van der Waals surface area contributed by atoms with E-state index in [4.69, 9.17) is 9.47 Å². The van der Waals surface area contributed by atoms with E-state index >= 15 is 0 Å². The van der Waals surface area contributed by atoms with Crippen LogP contribution >= 0.6 is 0 Å². The molecule has 0 aliphatic carbocycles. The van der Waals surface area contributed by atoms with Gasteiger partial charge in [-0.2, -0.15) is 0 Å². The predicted octanol–water partition coefficient (Wildman–Crippen LogP) is 1.15. The minimum Gasteiger partial charge on any atom is -0.492 e. The number of aliphatic hydroxyl groups excluding tert-OH is 1. The van der Waals surface area contributed by atoms with Crippen LogP contribution in [-0.2, 0) is 4.74 Å². The molecular formula is C14H21NO3. The van der Waals surface area contributed by atoms with Crippen LogP contribution in [0.3, 0.4) is 0 Å². The second kappa shape index (κ2) is 6.73. The second-order valence-electron chi connectivity index (χ2n) is 4.59. The van der Waals surface area contributed by atoms with Crippen molar-refractivity contribution in [3.05, 3.63) is 30.3 Å². The smallest absolute Gasteiger partial charge is 0.119 e. The van der Waals surface area contributed by atoms with Gasteiger partial charge in [-0.15, -0.1) is 0 Å². The van der Waals surface area contributed by atoms with Gasteiger partial charge in [-0.1, -0.05) is 18.2 Å². The molecule has 0 saturated carbocycles. The highest BCUT2D eigenvalue weighted by Gasteiger charge is 2.31. The number of aliphatic hydroxyl groups is 1. The van der Waals surface area contributed by atoms with Crippen LogP contribution in [0.1, 0.15) is 6.42 Å². The molecule has 4 nitrogen and oxygen atoms in total. The number of hydrogen-bond donors (Lipinski definition) is 1. The molecule has 0 amide bonds. The Balaban J connectivity index is 1.76. The monoisotopic (exact) mass is 251 g/mol. The van der Waals surface area contributed by atoms with E-state index in [2.05, 4.69) is 4.90 Å². The molecule has 4 heteroatoms. The first-order valence-electron chi connectivity index (χ1n) is 6.39. The first-order chi connectivity index (χ1) is 8.83. The lowest BCUT2D eigenvalue weighted by atomic mass is 10.2. The Bertz CT molecular complexity index is 344. The fraction of sp³-hybridized carbons (Fsp3) is 0.571. The van der Waals surface area contributed by atoms with E-state index in [1.807, 2.05) is 30.3 Å². The van der Waals surface area contributed by atoms with E-state index in [0.29, 0.717) is 6.61 Å². The van der Waals surface area contributed by atoms with Crippen molar-refractivity contribution in [2.45, 2.75) is 18.6 Å². The zero-order chi connectivity index (χ0) is 12.8. The molecule has 1 saturated heterocycles. The van der Waals surface area contributed by atoms with Gasteiger partial charge in [-0.3, -0.25) is 4.90 Å². The Labute approximate surface area is 108 Å². The maximum atomic E-state index is 9.33. The summed E-state index contributed by atoms with van der Waals surface area (Å²) in [4.78, 5) is 2.23. The summed E-state index contributed by atoms with van der Waals surface area (Å²) >= 11 is 0. The molecule has 1 fully saturated rings. The van der Waals surface area contributed by atoms with Crippen LogP contribution in [0.4, 0.5) is 0 Å². The summed E-state index contributed by atoms with van der Waals surface area (Å²) in [6, 6.07) is 10.00. The summed E-state index contributed by atoms with van der Waals surface area (Å²) < 4.78 is 11.0. The number of likely N-dealkylation sites (tertiary alicyclic amines) is 1. The Morgan fingerprint density at radius 2 is 2.11 bits per heavy atom. The Morgan fingerprint density at radius 1 is 1.33 bits per heavy atom. The highest BCUT2D eigenvalue weighted by atomic mass is 16.5. The zero-order valence-electron chi connectivity index (χ0n) is 10.8. The minimum absolute atomic E-state index is 0.186. The van der Waals surface area contributed by atoms with Gasteiger partial charge in [-0.05, 0) is 18.6 Å². The molecule has 1 aliphatic rings. The number of ether oxygens (including phenoxy) is 2. The van der Waals surface area contributed by atoms with Crippen molar-refractivity contribution >= 4 is 0 Å². The van der Waals surface area contributed by atoms with Gasteiger partial charge >= 0.3 is 0 Å². The molecule has 2 rings (SSSR count). The lowest BCUT2D eigenvalue weighted by Crippen LogP contribution is -2.35. The normalized spacial score (nSPS) is 24.3. The van der Waals surface area contributed by atoms with Gasteiger partial charge in [0.25, 0.3) is 0 Å². The van der Waals surface area contributed by atoms with E-state index in [0.717, 1.165) is 25.3 Å². The molecule has 2 atom stereocenters. The van der Waals surface area contributed by atoms with Gasteiger partial charge in [0.1, 0.15) is 12.4 Å². The largest absolute Gasteiger partial charge is 0.492 e. The standard InChI is InChI=1S/C14H21NO3/c1-17-14-9-12(11-16)15(10-14)7-8-18-13-5-3-2-4-6-13/h2-6,12,14,16H,7-11H2,1H3/t12-,14+/m0/s1. The lowest BCUT2D eigenvalue weighted by Gasteiger charge is -2.22. The molecule has 1 heterocycles. The van der Waals surface area contributed by atoms with E-state index in [1.165, 1.54) is 0 Å². The van der Waals surface area contributed by atoms with Crippen LogP contribution in [0.15, 0.2) is 30.3 Å². The lowest BCUT2D eigenvalue weighted by molar-refractivity contribution is 0.105. The van der Waals surface area contributed by atoms with Crippen molar-refractivity contribution in [1.82, 2.24) is 4.90 Å². The van der Waals surface area contributed by atoms with Crippen molar-refractivity contribution < 1.29 is 14.6 Å². The van der Waals surface area contributed by atoms with E-state index in [9.17, 15) is 5.11 Å². The van der Waals surface area contributed by atoms with Crippen molar-refractivity contribution in [2.24, 2.45) is 0 Å². The van der Waals surface area contributed by atoms with Crippen LogP contribution in [0.25, 0.3) is 0 Å². The molecule has 0 aromatic heterocycles. The quantitative estimate of drug-likeness (QED) is 0.823. The van der Waals surface area contributed by atoms with Gasteiger partial charge in [0.2, 0.25) is 0 Å². The molecule has 1 N–H and O–H groups in total. The SMILES string of the molecule is CO[C@@H]1C[C@@H](CO)N(CCOc2ccccc2)C1. The molecule has 100 valence electrons. The summed E-state index contributed by atoms with van der Waals surface area (Å²) in [6.45, 7) is 2.52. The van der Waals surface area contributed by atoms with Gasteiger partial charge in [0.05, 0.1) is 12.7 Å². The molecule has 0 radical (unpaired) electrons. The van der Waals surface area contributed by atoms with Crippen LogP contribution < -0.4 is 4.74 Å². The summed E-state index contributed by atoms with van der Waals surface area (Å²) in [6.07, 6.45) is 1.14. The average Bonchev–Trinajstić information content (AvgIpc) is 2.82. The summed E-state index contributed by atoms with van der Waals surface area (Å²) in [5.74, 6) is 0.889. The first-order valence-corrected chi connectivity index (χ1v) is 6.39. The number of benzene rings is 1. The van der Waals surface area contributed by atoms with Gasteiger partial charge in [0.15, 0.2) is 0 Å². The first kappa shape index (κ1) is 13.3. The second-order valence-corrected chi connectivity index (χ2v) is 4.59. The molecule has 0 bridgehead atoms. The van der Waals surface area contributed by atoms with E-state index in [-0.39, 0.29) is 18.8 Å². The number of nitrogens with zero attached hydrogens (tertiary/aromatic N) is 1. The minimum atomic E-state index is 0.186.